The molecule has 3 heterocycles. The lowest BCUT2D eigenvalue weighted by atomic mass is 9.99. The maximum absolute atomic E-state index is 13.1. The molecule has 2 atom stereocenters. The molecule has 0 amide bonds. The zero-order valence-corrected chi connectivity index (χ0v) is 18.6. The molecule has 9 heteroatoms. The van der Waals surface area contributed by atoms with E-state index in [-0.39, 0.29) is 6.10 Å². The third kappa shape index (κ3) is 4.49. The normalized spacial score (nSPS) is 16.9. The van der Waals surface area contributed by atoms with Gasteiger partial charge in [0.25, 0.3) is 6.43 Å². The molecule has 0 saturated carbocycles. The van der Waals surface area contributed by atoms with Gasteiger partial charge < -0.3 is 14.6 Å². The van der Waals surface area contributed by atoms with Gasteiger partial charge in [0, 0.05) is 40.8 Å². The molecular weight excluding hydrogens is 442 g/mol. The van der Waals surface area contributed by atoms with Crippen LogP contribution in [-0.2, 0) is 11.3 Å². The fourth-order valence-electron chi connectivity index (χ4n) is 4.17. The topological polar surface area (TPSA) is 82.3 Å². The Bertz CT molecular complexity index is 1290. The average molecular weight is 466 g/mol. The molecule has 1 N–H and O–H groups in total. The highest BCUT2D eigenvalue weighted by Crippen LogP contribution is 2.38. The van der Waals surface area contributed by atoms with Crippen molar-refractivity contribution in [2.24, 2.45) is 0 Å². The molecule has 34 heavy (non-hydrogen) atoms. The Morgan fingerprint density at radius 2 is 2.00 bits per heavy atom. The molecule has 4 aromatic rings. The lowest BCUT2D eigenvalue weighted by Gasteiger charge is -2.18. The number of fused-ring (bicyclic) bond motifs is 1. The molecule has 2 aromatic carbocycles. The van der Waals surface area contributed by atoms with E-state index in [1.54, 1.807) is 25.3 Å². The molecule has 1 saturated heterocycles. The summed E-state index contributed by atoms with van der Waals surface area (Å²) in [6.45, 7) is 2.28. The number of nitrogens with zero attached hydrogens (tertiary/aromatic N) is 4. The maximum atomic E-state index is 13.1. The Kier molecular flexibility index (Phi) is 6.21. The summed E-state index contributed by atoms with van der Waals surface area (Å²) < 4.78 is 39.0. The van der Waals surface area contributed by atoms with E-state index in [4.69, 9.17) is 9.47 Å². The highest BCUT2D eigenvalue weighted by Gasteiger charge is 2.23. The van der Waals surface area contributed by atoms with Crippen LogP contribution in [0.25, 0.3) is 33.4 Å². The number of halogens is 2. The Balaban J connectivity index is 1.66. The third-order valence-electron chi connectivity index (χ3n) is 5.79. The van der Waals surface area contributed by atoms with Crippen LogP contribution >= 0.6 is 0 Å². The standard InChI is InChI=1S/C25H24F2N4O3/c1-15(32)18-9-19-21(10-22(18)34-17-7-8-33-13-17)28-14-29-25(19)20-11-31(12-23(26)27)30-24(20)16-5-3-2-4-6-16/h2-6,9-11,14-15,17,23,32H,7-8,12-13H2,1H3/t15-,17+/m1/s1. The van der Waals surface area contributed by atoms with E-state index in [9.17, 15) is 13.9 Å². The van der Waals surface area contributed by atoms with Crippen LogP contribution in [-0.4, -0.2) is 50.6 Å². The molecule has 1 aliphatic heterocycles. The van der Waals surface area contributed by atoms with Crippen LogP contribution in [0.1, 0.15) is 25.0 Å². The lowest BCUT2D eigenvalue weighted by Crippen LogP contribution is -2.17. The van der Waals surface area contributed by atoms with Gasteiger partial charge in [-0.2, -0.15) is 5.10 Å². The van der Waals surface area contributed by atoms with Crippen molar-refractivity contribution >= 4 is 10.9 Å². The number of hydrogen-bond acceptors (Lipinski definition) is 6. The van der Waals surface area contributed by atoms with Crippen molar-refractivity contribution in [2.45, 2.75) is 38.5 Å². The van der Waals surface area contributed by atoms with E-state index >= 15 is 0 Å². The summed E-state index contributed by atoms with van der Waals surface area (Å²) in [5.74, 6) is 0.541. The monoisotopic (exact) mass is 466 g/mol. The maximum Gasteiger partial charge on any atom is 0.257 e. The van der Waals surface area contributed by atoms with Gasteiger partial charge >= 0.3 is 0 Å². The van der Waals surface area contributed by atoms with Crippen molar-refractivity contribution in [3.8, 4) is 28.3 Å². The van der Waals surface area contributed by atoms with Gasteiger partial charge in [-0.3, -0.25) is 4.68 Å². The second-order valence-electron chi connectivity index (χ2n) is 8.28. The van der Waals surface area contributed by atoms with E-state index in [2.05, 4.69) is 15.1 Å². The summed E-state index contributed by atoms with van der Waals surface area (Å²) in [6, 6.07) is 12.9. The molecule has 1 fully saturated rings. The molecule has 0 unspecified atom stereocenters. The molecule has 176 valence electrons. The predicted octanol–water partition coefficient (Wildman–Crippen LogP) is 4.65. The van der Waals surface area contributed by atoms with Crippen molar-refractivity contribution < 1.29 is 23.4 Å². The van der Waals surface area contributed by atoms with Gasteiger partial charge in [0.1, 0.15) is 30.4 Å². The third-order valence-corrected chi connectivity index (χ3v) is 5.79. The van der Waals surface area contributed by atoms with Crippen molar-refractivity contribution in [3.05, 3.63) is 60.6 Å². The second kappa shape index (κ2) is 9.44. The SMILES string of the molecule is C[C@@H](O)c1cc2c(-c3cn(CC(F)F)nc3-c3ccccc3)ncnc2cc1O[C@H]1CCOC1. The minimum atomic E-state index is -2.54. The minimum Gasteiger partial charge on any atom is -0.487 e. The van der Waals surface area contributed by atoms with Crippen LogP contribution < -0.4 is 4.74 Å². The van der Waals surface area contributed by atoms with Crippen LogP contribution in [0.5, 0.6) is 5.75 Å². The molecule has 5 rings (SSSR count). The zero-order valence-electron chi connectivity index (χ0n) is 18.6. The lowest BCUT2D eigenvalue weighted by molar-refractivity contribution is 0.122. The van der Waals surface area contributed by atoms with Crippen LogP contribution in [0.2, 0.25) is 0 Å². The number of ether oxygens (including phenoxy) is 2. The van der Waals surface area contributed by atoms with E-state index in [1.807, 2.05) is 30.3 Å². The van der Waals surface area contributed by atoms with E-state index in [0.717, 1.165) is 12.0 Å². The Morgan fingerprint density at radius 1 is 1.18 bits per heavy atom. The molecule has 2 aromatic heterocycles. The number of benzene rings is 2. The summed E-state index contributed by atoms with van der Waals surface area (Å²) in [4.78, 5) is 8.90. The number of aliphatic hydroxyl groups excluding tert-OH is 1. The molecular formula is C25H24F2N4O3. The number of hydrogen-bond donors (Lipinski definition) is 1. The molecule has 1 aliphatic rings. The first-order valence-electron chi connectivity index (χ1n) is 11.1. The van der Waals surface area contributed by atoms with Gasteiger partial charge in [0.15, 0.2) is 0 Å². The van der Waals surface area contributed by atoms with Crippen LogP contribution in [0, 0.1) is 0 Å². The molecule has 7 nitrogen and oxygen atoms in total. The number of aliphatic hydroxyl groups is 1. The van der Waals surface area contributed by atoms with Crippen molar-refractivity contribution in [3.63, 3.8) is 0 Å². The van der Waals surface area contributed by atoms with Gasteiger partial charge in [-0.25, -0.2) is 18.7 Å². The zero-order chi connectivity index (χ0) is 23.7. The summed E-state index contributed by atoms with van der Waals surface area (Å²) in [5, 5.41) is 15.6. The van der Waals surface area contributed by atoms with E-state index in [0.29, 0.717) is 52.4 Å². The Labute approximate surface area is 195 Å². The summed E-state index contributed by atoms with van der Waals surface area (Å²) >= 11 is 0. The Morgan fingerprint density at radius 3 is 2.71 bits per heavy atom. The first-order valence-corrected chi connectivity index (χ1v) is 11.1. The predicted molar refractivity (Wildman–Crippen MR) is 123 cm³/mol. The van der Waals surface area contributed by atoms with Gasteiger partial charge in [0.05, 0.1) is 30.5 Å². The fraction of sp³-hybridized carbons (Fsp3) is 0.320. The van der Waals surface area contributed by atoms with Gasteiger partial charge in [-0.1, -0.05) is 30.3 Å². The highest BCUT2D eigenvalue weighted by atomic mass is 19.3. The molecule has 0 radical (unpaired) electrons. The number of alkyl halides is 2. The van der Waals surface area contributed by atoms with E-state index in [1.165, 1.54) is 11.0 Å². The van der Waals surface area contributed by atoms with Gasteiger partial charge in [-0.15, -0.1) is 0 Å². The molecule has 0 aliphatic carbocycles. The first-order chi connectivity index (χ1) is 16.5. The number of rotatable bonds is 7. The van der Waals surface area contributed by atoms with Crippen LogP contribution in [0.15, 0.2) is 55.0 Å². The van der Waals surface area contributed by atoms with Crippen LogP contribution in [0.3, 0.4) is 0 Å². The number of aromatic nitrogens is 4. The van der Waals surface area contributed by atoms with Crippen LogP contribution in [0.4, 0.5) is 8.78 Å². The fourth-order valence-corrected chi connectivity index (χ4v) is 4.17. The quantitative estimate of drug-likeness (QED) is 0.427. The summed E-state index contributed by atoms with van der Waals surface area (Å²) in [6.07, 6.45) is 0.355. The average Bonchev–Trinajstić information content (AvgIpc) is 3.48. The van der Waals surface area contributed by atoms with Crippen molar-refractivity contribution in [1.82, 2.24) is 19.7 Å². The van der Waals surface area contributed by atoms with Gasteiger partial charge in [0.2, 0.25) is 0 Å². The minimum absolute atomic E-state index is 0.0893. The summed E-state index contributed by atoms with van der Waals surface area (Å²) in [5.41, 5.74) is 3.69. The second-order valence-corrected chi connectivity index (χ2v) is 8.28. The summed E-state index contributed by atoms with van der Waals surface area (Å²) in [7, 11) is 0. The largest absolute Gasteiger partial charge is 0.487 e. The van der Waals surface area contributed by atoms with Crippen molar-refractivity contribution in [2.75, 3.05) is 13.2 Å². The molecule has 0 bridgehead atoms. The smallest absolute Gasteiger partial charge is 0.257 e. The first kappa shape index (κ1) is 22.4. The van der Waals surface area contributed by atoms with Gasteiger partial charge in [-0.05, 0) is 13.0 Å². The van der Waals surface area contributed by atoms with E-state index < -0.39 is 19.1 Å². The highest BCUT2D eigenvalue weighted by molar-refractivity contribution is 5.96. The Hall–Kier alpha value is -3.43. The molecule has 0 spiro atoms. The van der Waals surface area contributed by atoms with Crippen molar-refractivity contribution in [1.29, 1.82) is 0 Å².